The van der Waals surface area contributed by atoms with Crippen LogP contribution in [0.4, 0.5) is 0 Å². The number of carbonyl (C=O) groups is 2. The highest BCUT2D eigenvalue weighted by molar-refractivity contribution is 6.07. The van der Waals surface area contributed by atoms with Crippen LogP contribution in [0.25, 0.3) is 6.08 Å². The summed E-state index contributed by atoms with van der Waals surface area (Å²) in [7, 11) is 0. The zero-order chi connectivity index (χ0) is 12.1. The zero-order valence-corrected chi connectivity index (χ0v) is 8.80. The Morgan fingerprint density at radius 2 is 1.81 bits per heavy atom. The topological polar surface area (TPSA) is 74.6 Å². The maximum absolute atomic E-state index is 11.3. The molecule has 0 fully saturated rings. The van der Waals surface area contributed by atoms with Crippen molar-refractivity contribution in [1.29, 1.82) is 0 Å². The van der Waals surface area contributed by atoms with Crippen LogP contribution in [-0.4, -0.2) is 22.0 Å². The largest absolute Gasteiger partial charge is 0.508 e. The number of ketones is 1. The standard InChI is InChI=1S/C12H12O4/c1-8(11(14)7-12(15)16)6-9-2-4-10(13)5-3-9/h2-6,13H,7H2,1H3,(H,15,16)/b8-6+. The number of benzene rings is 1. The smallest absolute Gasteiger partial charge is 0.311 e. The van der Waals surface area contributed by atoms with Crippen molar-refractivity contribution in [3.8, 4) is 5.75 Å². The lowest BCUT2D eigenvalue weighted by Crippen LogP contribution is -2.07. The molecule has 4 nitrogen and oxygen atoms in total. The molecular weight excluding hydrogens is 208 g/mol. The molecule has 0 spiro atoms. The highest BCUT2D eigenvalue weighted by Crippen LogP contribution is 2.13. The van der Waals surface area contributed by atoms with E-state index in [1.807, 2.05) is 0 Å². The Bertz CT molecular complexity index is 429. The predicted molar refractivity (Wildman–Crippen MR) is 59.0 cm³/mol. The quantitative estimate of drug-likeness (QED) is 0.599. The number of hydrogen-bond acceptors (Lipinski definition) is 3. The first-order chi connectivity index (χ1) is 7.49. The molecule has 0 unspecified atom stereocenters. The number of Topliss-reactive ketones (excluding diaryl/α,β-unsaturated/α-hetero) is 1. The molecule has 0 amide bonds. The molecule has 16 heavy (non-hydrogen) atoms. The number of phenolic OH excluding ortho intramolecular Hbond substituents is 1. The van der Waals surface area contributed by atoms with E-state index < -0.39 is 18.2 Å². The van der Waals surface area contributed by atoms with E-state index in [0.29, 0.717) is 5.57 Å². The van der Waals surface area contributed by atoms with Gasteiger partial charge in [0.2, 0.25) is 0 Å². The van der Waals surface area contributed by atoms with Gasteiger partial charge in [0.05, 0.1) is 0 Å². The highest BCUT2D eigenvalue weighted by atomic mass is 16.4. The van der Waals surface area contributed by atoms with Crippen LogP contribution in [0.15, 0.2) is 29.8 Å². The van der Waals surface area contributed by atoms with Gasteiger partial charge in [-0.25, -0.2) is 0 Å². The third-order valence-corrected chi connectivity index (χ3v) is 2.03. The maximum Gasteiger partial charge on any atom is 0.311 e. The number of aromatic hydroxyl groups is 1. The molecule has 0 atom stereocenters. The Morgan fingerprint density at radius 3 is 2.31 bits per heavy atom. The second kappa shape index (κ2) is 5.11. The fraction of sp³-hybridized carbons (Fsp3) is 0.167. The second-order valence-electron chi connectivity index (χ2n) is 3.41. The summed E-state index contributed by atoms with van der Waals surface area (Å²) < 4.78 is 0. The van der Waals surface area contributed by atoms with E-state index in [1.54, 1.807) is 25.1 Å². The Labute approximate surface area is 92.8 Å². The van der Waals surface area contributed by atoms with Crippen LogP contribution >= 0.6 is 0 Å². The van der Waals surface area contributed by atoms with E-state index in [2.05, 4.69) is 0 Å². The molecule has 0 saturated carbocycles. The van der Waals surface area contributed by atoms with Gasteiger partial charge < -0.3 is 10.2 Å². The first-order valence-corrected chi connectivity index (χ1v) is 4.71. The van der Waals surface area contributed by atoms with Crippen molar-refractivity contribution in [1.82, 2.24) is 0 Å². The lowest BCUT2D eigenvalue weighted by atomic mass is 10.1. The van der Waals surface area contributed by atoms with Gasteiger partial charge in [-0.1, -0.05) is 12.1 Å². The average molecular weight is 220 g/mol. The summed E-state index contributed by atoms with van der Waals surface area (Å²) in [5, 5.41) is 17.5. The van der Waals surface area contributed by atoms with Gasteiger partial charge in [-0.3, -0.25) is 9.59 Å². The summed E-state index contributed by atoms with van der Waals surface area (Å²) in [5.74, 6) is -1.41. The summed E-state index contributed by atoms with van der Waals surface area (Å²) in [6.45, 7) is 1.57. The first kappa shape index (κ1) is 12.0. The van der Waals surface area contributed by atoms with Gasteiger partial charge in [-0.15, -0.1) is 0 Å². The van der Waals surface area contributed by atoms with E-state index in [0.717, 1.165) is 5.56 Å². The Hall–Kier alpha value is -2.10. The molecule has 0 aliphatic carbocycles. The molecule has 4 heteroatoms. The highest BCUT2D eigenvalue weighted by Gasteiger charge is 2.09. The number of carboxylic acids is 1. The Morgan fingerprint density at radius 1 is 1.25 bits per heavy atom. The third kappa shape index (κ3) is 3.57. The predicted octanol–water partition coefficient (Wildman–Crippen LogP) is 1.84. The monoisotopic (exact) mass is 220 g/mol. The Kier molecular flexibility index (Phi) is 3.83. The summed E-state index contributed by atoms with van der Waals surface area (Å²) >= 11 is 0. The van der Waals surface area contributed by atoms with Gasteiger partial charge in [0.25, 0.3) is 0 Å². The molecule has 0 aromatic heterocycles. The molecule has 1 aromatic carbocycles. The minimum Gasteiger partial charge on any atom is -0.508 e. The maximum atomic E-state index is 11.3. The van der Waals surface area contributed by atoms with E-state index in [1.165, 1.54) is 12.1 Å². The molecule has 1 aromatic rings. The Balaban J connectivity index is 2.80. The number of phenols is 1. The van der Waals surface area contributed by atoms with Crippen molar-refractivity contribution in [3.63, 3.8) is 0 Å². The lowest BCUT2D eigenvalue weighted by molar-refractivity contribution is -0.139. The average Bonchev–Trinajstić information content (AvgIpc) is 2.20. The summed E-state index contributed by atoms with van der Waals surface area (Å²) in [6, 6.07) is 6.29. The van der Waals surface area contributed by atoms with E-state index >= 15 is 0 Å². The molecule has 0 radical (unpaired) electrons. The van der Waals surface area contributed by atoms with Crippen molar-refractivity contribution < 1.29 is 19.8 Å². The van der Waals surface area contributed by atoms with Crippen LogP contribution in [-0.2, 0) is 9.59 Å². The van der Waals surface area contributed by atoms with Gasteiger partial charge in [0, 0.05) is 0 Å². The zero-order valence-electron chi connectivity index (χ0n) is 8.80. The minimum atomic E-state index is -1.14. The number of carbonyl (C=O) groups excluding carboxylic acids is 1. The van der Waals surface area contributed by atoms with E-state index in [-0.39, 0.29) is 5.75 Å². The summed E-state index contributed by atoms with van der Waals surface area (Å²) in [4.78, 5) is 21.7. The molecule has 0 bridgehead atoms. The summed E-state index contributed by atoms with van der Waals surface area (Å²) in [5.41, 5.74) is 1.13. The number of hydrogen-bond donors (Lipinski definition) is 2. The van der Waals surface area contributed by atoms with Crippen LogP contribution in [0, 0.1) is 0 Å². The van der Waals surface area contributed by atoms with Crippen LogP contribution in [0.2, 0.25) is 0 Å². The van der Waals surface area contributed by atoms with Crippen molar-refractivity contribution >= 4 is 17.8 Å². The van der Waals surface area contributed by atoms with Crippen LogP contribution in [0.3, 0.4) is 0 Å². The van der Waals surface area contributed by atoms with Gasteiger partial charge >= 0.3 is 5.97 Å². The van der Waals surface area contributed by atoms with Gasteiger partial charge in [0.1, 0.15) is 12.2 Å². The number of carboxylic acid groups (broad SMARTS) is 1. The van der Waals surface area contributed by atoms with Gasteiger partial charge in [-0.2, -0.15) is 0 Å². The molecule has 0 saturated heterocycles. The fourth-order valence-electron chi connectivity index (χ4n) is 1.18. The van der Waals surface area contributed by atoms with Crippen molar-refractivity contribution in [2.24, 2.45) is 0 Å². The van der Waals surface area contributed by atoms with Crippen LogP contribution in [0.5, 0.6) is 5.75 Å². The summed E-state index contributed by atoms with van der Waals surface area (Å²) in [6.07, 6.45) is 1.09. The van der Waals surface area contributed by atoms with E-state index in [4.69, 9.17) is 10.2 Å². The molecule has 0 heterocycles. The first-order valence-electron chi connectivity index (χ1n) is 4.71. The molecule has 2 N–H and O–H groups in total. The van der Waals surface area contributed by atoms with Crippen molar-refractivity contribution in [2.75, 3.05) is 0 Å². The molecule has 0 aliphatic rings. The molecule has 1 rings (SSSR count). The third-order valence-electron chi connectivity index (χ3n) is 2.03. The lowest BCUT2D eigenvalue weighted by Gasteiger charge is -1.99. The normalized spacial score (nSPS) is 11.2. The van der Waals surface area contributed by atoms with Crippen molar-refractivity contribution in [2.45, 2.75) is 13.3 Å². The van der Waals surface area contributed by atoms with Crippen LogP contribution in [0.1, 0.15) is 18.9 Å². The van der Waals surface area contributed by atoms with Gasteiger partial charge in [-0.05, 0) is 36.3 Å². The number of rotatable bonds is 4. The van der Waals surface area contributed by atoms with E-state index in [9.17, 15) is 9.59 Å². The van der Waals surface area contributed by atoms with Crippen molar-refractivity contribution in [3.05, 3.63) is 35.4 Å². The number of allylic oxidation sites excluding steroid dienone is 1. The SMILES string of the molecule is C/C(=C\c1ccc(O)cc1)C(=O)CC(=O)O. The molecule has 84 valence electrons. The number of aliphatic carboxylic acids is 1. The fourth-order valence-corrected chi connectivity index (χ4v) is 1.18. The van der Waals surface area contributed by atoms with Gasteiger partial charge in [0.15, 0.2) is 5.78 Å². The molecule has 0 aliphatic heterocycles. The second-order valence-corrected chi connectivity index (χ2v) is 3.41. The van der Waals surface area contributed by atoms with Crippen LogP contribution < -0.4 is 0 Å². The molecular formula is C12H12O4. The minimum absolute atomic E-state index is 0.145.